The largest absolute Gasteiger partial charge is 0.278 e. The third-order valence-corrected chi connectivity index (χ3v) is 3.22. The molecule has 90 valence electrons. The van der Waals surface area contributed by atoms with Gasteiger partial charge >= 0.3 is 0 Å². The molecule has 0 spiro atoms. The molecule has 2 amide bonds. The lowest BCUT2D eigenvalue weighted by atomic mass is 10.1. The summed E-state index contributed by atoms with van der Waals surface area (Å²) in [6.07, 6.45) is 2.82. The molecular formula is C14H17NO2. The lowest BCUT2D eigenvalue weighted by Gasteiger charge is -2.20. The SMILES string of the molecule is CC1CCCCN(C(=O)c2ccccc2)C1=O. The molecule has 1 aliphatic heterocycles. The summed E-state index contributed by atoms with van der Waals surface area (Å²) in [5.74, 6) is -0.231. The Bertz CT molecular complexity index is 413. The van der Waals surface area contributed by atoms with Gasteiger partial charge in [-0.3, -0.25) is 14.5 Å². The normalized spacial score (nSPS) is 21.1. The molecule has 0 aliphatic carbocycles. The van der Waals surface area contributed by atoms with Crippen LogP contribution in [0.5, 0.6) is 0 Å². The average Bonchev–Trinajstić information content (AvgIpc) is 2.53. The van der Waals surface area contributed by atoms with E-state index in [-0.39, 0.29) is 17.7 Å². The van der Waals surface area contributed by atoms with Crippen LogP contribution in [0.25, 0.3) is 0 Å². The van der Waals surface area contributed by atoms with E-state index in [1.165, 1.54) is 4.90 Å². The number of hydrogen-bond donors (Lipinski definition) is 0. The summed E-state index contributed by atoms with van der Waals surface area (Å²) in [6, 6.07) is 9.01. The number of rotatable bonds is 1. The Kier molecular flexibility index (Phi) is 3.57. The van der Waals surface area contributed by atoms with E-state index < -0.39 is 0 Å². The summed E-state index contributed by atoms with van der Waals surface area (Å²) in [4.78, 5) is 25.7. The number of carbonyl (C=O) groups is 2. The van der Waals surface area contributed by atoms with Crippen LogP contribution in [0.2, 0.25) is 0 Å². The predicted octanol–water partition coefficient (Wildman–Crippen LogP) is 2.48. The van der Waals surface area contributed by atoms with Gasteiger partial charge in [0, 0.05) is 18.0 Å². The highest BCUT2D eigenvalue weighted by atomic mass is 16.2. The Morgan fingerprint density at radius 2 is 1.94 bits per heavy atom. The molecule has 1 aliphatic rings. The van der Waals surface area contributed by atoms with Crippen LogP contribution in [0.15, 0.2) is 30.3 Å². The quantitative estimate of drug-likeness (QED) is 0.696. The zero-order chi connectivity index (χ0) is 12.3. The second kappa shape index (κ2) is 5.13. The van der Waals surface area contributed by atoms with E-state index in [1.807, 2.05) is 25.1 Å². The smallest absolute Gasteiger partial charge is 0.260 e. The molecule has 0 saturated carbocycles. The first-order valence-corrected chi connectivity index (χ1v) is 6.11. The van der Waals surface area contributed by atoms with Gasteiger partial charge in [-0.1, -0.05) is 31.5 Å². The van der Waals surface area contributed by atoms with Crippen molar-refractivity contribution in [3.8, 4) is 0 Å². The van der Waals surface area contributed by atoms with Crippen molar-refractivity contribution in [2.45, 2.75) is 26.2 Å². The Morgan fingerprint density at radius 1 is 1.24 bits per heavy atom. The van der Waals surface area contributed by atoms with E-state index in [4.69, 9.17) is 0 Å². The van der Waals surface area contributed by atoms with Crippen molar-refractivity contribution in [2.75, 3.05) is 6.54 Å². The molecule has 0 aromatic heterocycles. The van der Waals surface area contributed by atoms with E-state index in [2.05, 4.69) is 0 Å². The summed E-state index contributed by atoms with van der Waals surface area (Å²) in [7, 11) is 0. The van der Waals surface area contributed by atoms with Gasteiger partial charge in [0.2, 0.25) is 5.91 Å². The van der Waals surface area contributed by atoms with Gasteiger partial charge in [0.15, 0.2) is 0 Å². The van der Waals surface area contributed by atoms with Crippen LogP contribution in [-0.4, -0.2) is 23.3 Å². The van der Waals surface area contributed by atoms with Gasteiger partial charge in [-0.15, -0.1) is 0 Å². The minimum atomic E-state index is -0.163. The third kappa shape index (κ3) is 2.54. The second-order valence-electron chi connectivity index (χ2n) is 4.56. The predicted molar refractivity (Wildman–Crippen MR) is 65.5 cm³/mol. The fourth-order valence-electron chi connectivity index (χ4n) is 2.16. The first-order valence-electron chi connectivity index (χ1n) is 6.11. The molecule has 1 aromatic carbocycles. The standard InChI is InChI=1S/C14H17NO2/c1-11-7-5-6-10-15(13(11)16)14(17)12-8-3-2-4-9-12/h2-4,8-9,11H,5-7,10H2,1H3. The van der Waals surface area contributed by atoms with E-state index in [1.54, 1.807) is 12.1 Å². The Balaban J connectivity index is 2.21. The topological polar surface area (TPSA) is 37.4 Å². The van der Waals surface area contributed by atoms with Gasteiger partial charge < -0.3 is 0 Å². The van der Waals surface area contributed by atoms with Crippen molar-refractivity contribution < 1.29 is 9.59 Å². The summed E-state index contributed by atoms with van der Waals surface area (Å²) < 4.78 is 0. The highest BCUT2D eigenvalue weighted by Gasteiger charge is 2.28. The van der Waals surface area contributed by atoms with Crippen molar-refractivity contribution in [3.05, 3.63) is 35.9 Å². The number of benzene rings is 1. The van der Waals surface area contributed by atoms with Crippen LogP contribution in [0, 0.1) is 5.92 Å². The van der Waals surface area contributed by atoms with Crippen LogP contribution in [0.4, 0.5) is 0 Å². The summed E-state index contributed by atoms with van der Waals surface area (Å²) in [6.45, 7) is 2.45. The van der Waals surface area contributed by atoms with Crippen molar-refractivity contribution in [2.24, 2.45) is 5.92 Å². The first kappa shape index (κ1) is 11.8. The van der Waals surface area contributed by atoms with E-state index >= 15 is 0 Å². The highest BCUT2D eigenvalue weighted by Crippen LogP contribution is 2.19. The molecule has 3 heteroatoms. The van der Waals surface area contributed by atoms with Gasteiger partial charge in [-0.2, -0.15) is 0 Å². The Morgan fingerprint density at radius 3 is 2.65 bits per heavy atom. The molecular weight excluding hydrogens is 214 g/mol. The third-order valence-electron chi connectivity index (χ3n) is 3.22. The summed E-state index contributed by atoms with van der Waals surface area (Å²) >= 11 is 0. The van der Waals surface area contributed by atoms with Crippen molar-refractivity contribution in [1.82, 2.24) is 4.90 Å². The van der Waals surface area contributed by atoms with Crippen LogP contribution in [-0.2, 0) is 4.79 Å². The van der Waals surface area contributed by atoms with Gasteiger partial charge in [0.25, 0.3) is 5.91 Å². The lowest BCUT2D eigenvalue weighted by Crippen LogP contribution is -2.39. The number of imide groups is 1. The van der Waals surface area contributed by atoms with E-state index in [0.29, 0.717) is 12.1 Å². The molecule has 0 bridgehead atoms. The molecule has 1 saturated heterocycles. The molecule has 1 heterocycles. The fourth-order valence-corrected chi connectivity index (χ4v) is 2.16. The number of nitrogens with zero attached hydrogens (tertiary/aromatic N) is 1. The number of carbonyl (C=O) groups excluding carboxylic acids is 2. The van der Waals surface area contributed by atoms with E-state index in [9.17, 15) is 9.59 Å². The summed E-state index contributed by atoms with van der Waals surface area (Å²) in [5.41, 5.74) is 0.593. The van der Waals surface area contributed by atoms with Gasteiger partial charge in [-0.05, 0) is 25.0 Å². The van der Waals surface area contributed by atoms with Crippen LogP contribution in [0.3, 0.4) is 0 Å². The first-order chi connectivity index (χ1) is 8.20. The second-order valence-corrected chi connectivity index (χ2v) is 4.56. The molecule has 0 radical (unpaired) electrons. The monoisotopic (exact) mass is 231 g/mol. The maximum Gasteiger partial charge on any atom is 0.260 e. The molecule has 17 heavy (non-hydrogen) atoms. The van der Waals surface area contributed by atoms with E-state index in [0.717, 1.165) is 19.3 Å². The molecule has 1 aromatic rings. The van der Waals surface area contributed by atoms with Crippen LogP contribution >= 0.6 is 0 Å². The minimum Gasteiger partial charge on any atom is -0.278 e. The fraction of sp³-hybridized carbons (Fsp3) is 0.429. The molecule has 2 rings (SSSR count). The zero-order valence-corrected chi connectivity index (χ0v) is 10.1. The van der Waals surface area contributed by atoms with Gasteiger partial charge in [0.1, 0.15) is 0 Å². The average molecular weight is 231 g/mol. The Hall–Kier alpha value is -1.64. The number of amides is 2. The maximum atomic E-state index is 12.2. The van der Waals surface area contributed by atoms with Crippen molar-refractivity contribution >= 4 is 11.8 Å². The maximum absolute atomic E-state index is 12.2. The molecule has 1 unspecified atom stereocenters. The van der Waals surface area contributed by atoms with Crippen molar-refractivity contribution in [3.63, 3.8) is 0 Å². The molecule has 1 atom stereocenters. The number of likely N-dealkylation sites (tertiary alicyclic amines) is 1. The summed E-state index contributed by atoms with van der Waals surface area (Å²) in [5, 5.41) is 0. The number of hydrogen-bond acceptors (Lipinski definition) is 2. The van der Waals surface area contributed by atoms with Gasteiger partial charge in [0.05, 0.1) is 0 Å². The molecule has 1 fully saturated rings. The minimum absolute atomic E-state index is 0.0312. The van der Waals surface area contributed by atoms with Crippen molar-refractivity contribution in [1.29, 1.82) is 0 Å². The zero-order valence-electron chi connectivity index (χ0n) is 10.1. The highest BCUT2D eigenvalue weighted by molar-refractivity contribution is 6.05. The van der Waals surface area contributed by atoms with Crippen LogP contribution < -0.4 is 0 Å². The lowest BCUT2D eigenvalue weighted by molar-refractivity contribution is -0.131. The van der Waals surface area contributed by atoms with Crippen LogP contribution in [0.1, 0.15) is 36.5 Å². The molecule has 3 nitrogen and oxygen atoms in total. The van der Waals surface area contributed by atoms with Gasteiger partial charge in [-0.25, -0.2) is 0 Å². The molecule has 0 N–H and O–H groups in total. The Labute approximate surface area is 101 Å².